The molecule has 0 saturated carbocycles. The second kappa shape index (κ2) is 8.57. The second-order valence-electron chi connectivity index (χ2n) is 5.52. The summed E-state index contributed by atoms with van der Waals surface area (Å²) < 4.78 is 5.50. The van der Waals surface area contributed by atoms with Gasteiger partial charge in [0.1, 0.15) is 11.4 Å². The molecule has 27 heavy (non-hydrogen) atoms. The van der Waals surface area contributed by atoms with Gasteiger partial charge in [-0.25, -0.2) is 10.2 Å². The van der Waals surface area contributed by atoms with Crippen molar-refractivity contribution in [2.24, 2.45) is 5.10 Å². The molecule has 0 fully saturated rings. The molecule has 136 valence electrons. The van der Waals surface area contributed by atoms with Crippen molar-refractivity contribution in [3.63, 3.8) is 0 Å². The quantitative estimate of drug-likeness (QED) is 0.520. The fourth-order valence-corrected chi connectivity index (χ4v) is 2.43. The summed E-state index contributed by atoms with van der Waals surface area (Å²) in [5, 5.41) is 3.95. The predicted octanol–water partition coefficient (Wildman–Crippen LogP) is 2.60. The molecule has 3 aromatic rings. The van der Waals surface area contributed by atoms with Crippen LogP contribution in [0.5, 0.6) is 5.75 Å². The van der Waals surface area contributed by atoms with Crippen LogP contribution in [0.3, 0.4) is 0 Å². The Morgan fingerprint density at radius 2 is 1.93 bits per heavy atom. The van der Waals surface area contributed by atoms with Crippen molar-refractivity contribution in [2.75, 3.05) is 6.61 Å². The van der Waals surface area contributed by atoms with Crippen LogP contribution in [0.2, 0.25) is 0 Å². The lowest BCUT2D eigenvalue weighted by molar-refractivity contribution is 0.0949. The highest BCUT2D eigenvalue weighted by Gasteiger charge is 2.10. The summed E-state index contributed by atoms with van der Waals surface area (Å²) in [6, 6.07) is 18.0. The van der Waals surface area contributed by atoms with Crippen molar-refractivity contribution in [3.05, 3.63) is 82.4 Å². The Hall–Kier alpha value is -3.74. The normalized spacial score (nSPS) is 10.7. The summed E-state index contributed by atoms with van der Waals surface area (Å²) in [6.07, 6.45) is 1.49. The molecule has 2 N–H and O–H groups in total. The number of carbonyl (C=O) groups is 1. The van der Waals surface area contributed by atoms with Crippen molar-refractivity contribution >= 4 is 12.1 Å². The Morgan fingerprint density at radius 3 is 2.70 bits per heavy atom. The monoisotopic (exact) mass is 362 g/mol. The lowest BCUT2D eigenvalue weighted by Gasteiger charge is -2.06. The summed E-state index contributed by atoms with van der Waals surface area (Å²) >= 11 is 0. The van der Waals surface area contributed by atoms with E-state index in [1.165, 1.54) is 12.3 Å². The van der Waals surface area contributed by atoms with Gasteiger partial charge < -0.3 is 9.72 Å². The van der Waals surface area contributed by atoms with Gasteiger partial charge in [0, 0.05) is 11.1 Å². The number of H-pyrrole nitrogens is 1. The van der Waals surface area contributed by atoms with E-state index >= 15 is 0 Å². The number of carbonyl (C=O) groups excluding carboxylic acids is 1. The number of hydrogen-bond acceptors (Lipinski definition) is 5. The van der Waals surface area contributed by atoms with Crippen LogP contribution in [0.1, 0.15) is 23.0 Å². The lowest BCUT2D eigenvalue weighted by atomic mass is 10.1. The average Bonchev–Trinajstić information content (AvgIpc) is 2.69. The fourth-order valence-electron chi connectivity index (χ4n) is 2.43. The average molecular weight is 362 g/mol. The Balaban J connectivity index is 1.77. The summed E-state index contributed by atoms with van der Waals surface area (Å²) in [7, 11) is 0. The van der Waals surface area contributed by atoms with Crippen molar-refractivity contribution < 1.29 is 9.53 Å². The van der Waals surface area contributed by atoms with Crippen LogP contribution in [0.15, 0.2) is 70.6 Å². The topological polar surface area (TPSA) is 96.4 Å². The Bertz CT molecular complexity index is 1010. The maximum absolute atomic E-state index is 12.3. The number of ether oxygens (including phenoxy) is 1. The minimum Gasteiger partial charge on any atom is -0.493 e. The standard InChI is InChI=1S/C20H18N4O3/c1-2-27-18-11-7-6-10-15(18)13-21-24-19(25)17-12-16(22-20(26)23-17)14-8-4-3-5-9-14/h3-13H,2H2,1H3,(H,24,25)(H,22,23,26)/b21-13+. The molecule has 1 amide bonds. The lowest BCUT2D eigenvalue weighted by Crippen LogP contribution is -2.24. The van der Waals surface area contributed by atoms with Gasteiger partial charge in [0.15, 0.2) is 0 Å². The third-order valence-corrected chi connectivity index (χ3v) is 3.65. The predicted molar refractivity (Wildman–Crippen MR) is 103 cm³/mol. The highest BCUT2D eigenvalue weighted by Crippen LogP contribution is 2.16. The Labute approximate surface area is 155 Å². The molecule has 0 atom stereocenters. The Morgan fingerprint density at radius 1 is 1.19 bits per heavy atom. The molecule has 0 unspecified atom stereocenters. The number of aromatic amines is 1. The molecule has 0 aliphatic heterocycles. The molecule has 2 aromatic carbocycles. The first-order valence-electron chi connectivity index (χ1n) is 8.39. The third-order valence-electron chi connectivity index (χ3n) is 3.65. The van der Waals surface area contributed by atoms with Gasteiger partial charge in [-0.2, -0.15) is 10.1 Å². The minimum atomic E-state index is -0.604. The van der Waals surface area contributed by atoms with E-state index in [1.807, 2.05) is 61.5 Å². The van der Waals surface area contributed by atoms with Crippen molar-refractivity contribution in [1.82, 2.24) is 15.4 Å². The molecule has 0 bridgehead atoms. The number of hydrogen-bond donors (Lipinski definition) is 2. The van der Waals surface area contributed by atoms with Gasteiger partial charge in [0.05, 0.1) is 18.5 Å². The van der Waals surface area contributed by atoms with E-state index in [0.29, 0.717) is 18.1 Å². The smallest absolute Gasteiger partial charge is 0.346 e. The number of benzene rings is 2. The van der Waals surface area contributed by atoms with Gasteiger partial charge in [-0.1, -0.05) is 42.5 Å². The molecule has 7 heteroatoms. The fraction of sp³-hybridized carbons (Fsp3) is 0.100. The summed E-state index contributed by atoms with van der Waals surface area (Å²) in [4.78, 5) is 30.4. The van der Waals surface area contributed by atoms with Crippen LogP contribution in [-0.4, -0.2) is 28.7 Å². The van der Waals surface area contributed by atoms with Crippen LogP contribution in [0.4, 0.5) is 0 Å². The molecule has 0 radical (unpaired) electrons. The number of hydrazone groups is 1. The second-order valence-corrected chi connectivity index (χ2v) is 5.52. The van der Waals surface area contributed by atoms with Gasteiger partial charge in [-0.3, -0.25) is 4.79 Å². The van der Waals surface area contributed by atoms with Crippen molar-refractivity contribution in [2.45, 2.75) is 6.92 Å². The van der Waals surface area contributed by atoms with E-state index in [4.69, 9.17) is 4.74 Å². The van der Waals surface area contributed by atoms with Gasteiger partial charge >= 0.3 is 5.69 Å². The SMILES string of the molecule is CCOc1ccccc1/C=N/NC(=O)c1cc(-c2ccccc2)nc(=O)[nH]1. The molecule has 0 aliphatic rings. The number of nitrogens with one attached hydrogen (secondary N) is 2. The van der Waals surface area contributed by atoms with E-state index in [9.17, 15) is 9.59 Å². The largest absolute Gasteiger partial charge is 0.493 e. The van der Waals surface area contributed by atoms with E-state index < -0.39 is 11.6 Å². The zero-order valence-corrected chi connectivity index (χ0v) is 14.7. The molecule has 1 aromatic heterocycles. The molecule has 1 heterocycles. The molecule has 3 rings (SSSR count). The van der Waals surface area contributed by atoms with E-state index in [0.717, 1.165) is 11.1 Å². The molecule has 0 aliphatic carbocycles. The molecule has 0 saturated heterocycles. The van der Waals surface area contributed by atoms with E-state index in [1.54, 1.807) is 0 Å². The summed E-state index contributed by atoms with van der Waals surface area (Å²) in [5.41, 5.74) is 3.75. The number of nitrogens with zero attached hydrogens (tertiary/aromatic N) is 2. The van der Waals surface area contributed by atoms with Crippen LogP contribution in [0.25, 0.3) is 11.3 Å². The van der Waals surface area contributed by atoms with Gasteiger partial charge in [-0.15, -0.1) is 0 Å². The highest BCUT2D eigenvalue weighted by atomic mass is 16.5. The van der Waals surface area contributed by atoms with Crippen LogP contribution in [-0.2, 0) is 0 Å². The molecular weight excluding hydrogens is 344 g/mol. The van der Waals surface area contributed by atoms with Crippen molar-refractivity contribution in [1.29, 1.82) is 0 Å². The zero-order valence-electron chi connectivity index (χ0n) is 14.7. The van der Waals surface area contributed by atoms with Gasteiger partial charge in [0.25, 0.3) is 5.91 Å². The number of amides is 1. The molecular formula is C20H18N4O3. The number of para-hydroxylation sites is 1. The van der Waals surface area contributed by atoms with Gasteiger partial charge in [0.2, 0.25) is 0 Å². The highest BCUT2D eigenvalue weighted by molar-refractivity contribution is 5.94. The maximum atomic E-state index is 12.3. The first-order chi connectivity index (χ1) is 13.2. The van der Waals surface area contributed by atoms with Crippen LogP contribution < -0.4 is 15.9 Å². The van der Waals surface area contributed by atoms with E-state index in [-0.39, 0.29) is 5.69 Å². The Kier molecular flexibility index (Phi) is 5.73. The van der Waals surface area contributed by atoms with Crippen LogP contribution in [0, 0.1) is 0 Å². The van der Waals surface area contributed by atoms with E-state index in [2.05, 4.69) is 20.5 Å². The molecule has 0 spiro atoms. The zero-order chi connectivity index (χ0) is 19.1. The first kappa shape index (κ1) is 18.1. The number of rotatable bonds is 6. The minimum absolute atomic E-state index is 0.0732. The molecule has 7 nitrogen and oxygen atoms in total. The van der Waals surface area contributed by atoms with Crippen molar-refractivity contribution in [3.8, 4) is 17.0 Å². The summed E-state index contributed by atoms with van der Waals surface area (Å²) in [6.45, 7) is 2.41. The number of aromatic nitrogens is 2. The maximum Gasteiger partial charge on any atom is 0.346 e. The first-order valence-corrected chi connectivity index (χ1v) is 8.39. The van der Waals surface area contributed by atoms with Crippen LogP contribution >= 0.6 is 0 Å². The third kappa shape index (κ3) is 4.66. The van der Waals surface area contributed by atoms with Gasteiger partial charge in [-0.05, 0) is 25.1 Å². The summed E-state index contributed by atoms with van der Waals surface area (Å²) in [5.74, 6) is 0.124.